The van der Waals surface area contributed by atoms with Crippen molar-refractivity contribution in [3.8, 4) is 0 Å². The third kappa shape index (κ3) is 2.47. The van der Waals surface area contributed by atoms with Gasteiger partial charge in [0.1, 0.15) is 0 Å². The second-order valence-corrected chi connectivity index (χ2v) is 7.25. The van der Waals surface area contributed by atoms with Gasteiger partial charge in [0.05, 0.1) is 18.1 Å². The number of hydrogen-bond donors (Lipinski definition) is 1. The van der Waals surface area contributed by atoms with Crippen molar-refractivity contribution in [2.75, 3.05) is 7.11 Å². The normalized spacial score (nSPS) is 29.7. The first-order valence-corrected chi connectivity index (χ1v) is 7.03. The summed E-state index contributed by atoms with van der Waals surface area (Å²) in [5.41, 5.74) is 0.782. The van der Waals surface area contributed by atoms with E-state index in [9.17, 15) is 9.90 Å². The predicted octanol–water partition coefficient (Wildman–Crippen LogP) is 2.94. The summed E-state index contributed by atoms with van der Waals surface area (Å²) in [4.78, 5) is 12.2. The van der Waals surface area contributed by atoms with E-state index in [1.165, 1.54) is 12.7 Å². The lowest BCUT2D eigenvalue weighted by molar-refractivity contribution is -0.165. The van der Waals surface area contributed by atoms with E-state index >= 15 is 0 Å². The molecule has 0 atom stereocenters. The lowest BCUT2D eigenvalue weighted by Crippen LogP contribution is -2.57. The largest absolute Gasteiger partial charge is 0.468 e. The summed E-state index contributed by atoms with van der Waals surface area (Å²) in [7, 11) is 1.40. The van der Waals surface area contributed by atoms with Crippen molar-refractivity contribution in [1.82, 2.24) is 0 Å². The van der Waals surface area contributed by atoms with Crippen LogP contribution in [0.5, 0.6) is 0 Å². The molecule has 0 aromatic heterocycles. The second kappa shape index (κ2) is 4.59. The molecule has 1 saturated carbocycles. The average Bonchev–Trinajstić information content (AvgIpc) is 2.33. The molecule has 1 aromatic carbocycles. The molecular formula is C17H24O3. The van der Waals surface area contributed by atoms with Crippen molar-refractivity contribution in [1.29, 1.82) is 0 Å². The minimum absolute atomic E-state index is 0.0854. The fourth-order valence-corrected chi connectivity index (χ4v) is 3.20. The molecule has 1 N–H and O–H groups in total. The first kappa shape index (κ1) is 15.0. The summed E-state index contributed by atoms with van der Waals surface area (Å²) in [5.74, 6) is -0.257. The minimum Gasteiger partial charge on any atom is -0.468 e. The summed E-state index contributed by atoms with van der Waals surface area (Å²) in [5, 5.41) is 10.0. The Labute approximate surface area is 121 Å². The van der Waals surface area contributed by atoms with Crippen molar-refractivity contribution >= 4 is 5.97 Å². The zero-order valence-corrected chi connectivity index (χ0v) is 13.0. The zero-order valence-electron chi connectivity index (χ0n) is 13.0. The molecule has 3 heteroatoms. The summed E-state index contributed by atoms with van der Waals surface area (Å²) in [6.07, 6.45) is 0.836. The van der Waals surface area contributed by atoms with Crippen molar-refractivity contribution in [2.24, 2.45) is 0 Å². The van der Waals surface area contributed by atoms with Crippen LogP contribution in [0.15, 0.2) is 24.3 Å². The van der Waals surface area contributed by atoms with E-state index in [0.717, 1.165) is 5.56 Å². The molecular weight excluding hydrogens is 252 g/mol. The van der Waals surface area contributed by atoms with Crippen LogP contribution in [0.3, 0.4) is 0 Å². The maximum absolute atomic E-state index is 12.2. The number of hydrogen-bond acceptors (Lipinski definition) is 3. The van der Waals surface area contributed by atoms with Gasteiger partial charge >= 0.3 is 5.97 Å². The van der Waals surface area contributed by atoms with Gasteiger partial charge in [-0.25, -0.2) is 0 Å². The number of rotatable bonds is 2. The van der Waals surface area contributed by atoms with Gasteiger partial charge in [-0.15, -0.1) is 0 Å². The first-order valence-electron chi connectivity index (χ1n) is 7.03. The van der Waals surface area contributed by atoms with Gasteiger partial charge in [-0.2, -0.15) is 0 Å². The Morgan fingerprint density at radius 2 is 1.70 bits per heavy atom. The Morgan fingerprint density at radius 1 is 1.20 bits per heavy atom. The van der Waals surface area contributed by atoms with E-state index in [-0.39, 0.29) is 11.4 Å². The van der Waals surface area contributed by atoms with Crippen molar-refractivity contribution < 1.29 is 14.6 Å². The Kier molecular flexibility index (Phi) is 3.45. The van der Waals surface area contributed by atoms with E-state index in [4.69, 9.17) is 4.74 Å². The van der Waals surface area contributed by atoms with Crippen LogP contribution in [0.25, 0.3) is 0 Å². The number of methoxy groups -OCH3 is 1. The Morgan fingerprint density at radius 3 is 2.05 bits per heavy atom. The SMILES string of the molecule is COC(=O)C1(c2ccc(C(C)(C)C)cc2)CC(C)(O)C1. The summed E-state index contributed by atoms with van der Waals surface area (Å²) in [6, 6.07) is 8.11. The van der Waals surface area contributed by atoms with E-state index in [1.807, 2.05) is 12.1 Å². The monoisotopic (exact) mass is 276 g/mol. The van der Waals surface area contributed by atoms with Gasteiger partial charge in [0, 0.05) is 0 Å². The molecule has 20 heavy (non-hydrogen) atoms. The maximum atomic E-state index is 12.2. The summed E-state index contributed by atoms with van der Waals surface area (Å²) >= 11 is 0. The van der Waals surface area contributed by atoms with Gasteiger partial charge in [0.15, 0.2) is 0 Å². The van der Waals surface area contributed by atoms with Crippen LogP contribution >= 0.6 is 0 Å². The van der Waals surface area contributed by atoms with Crippen molar-refractivity contribution in [3.05, 3.63) is 35.4 Å². The molecule has 0 spiro atoms. The molecule has 1 fully saturated rings. The summed E-state index contributed by atoms with van der Waals surface area (Å²) < 4.78 is 4.95. The van der Waals surface area contributed by atoms with Crippen LogP contribution in [0.4, 0.5) is 0 Å². The Balaban J connectivity index is 2.35. The van der Waals surface area contributed by atoms with Crippen LogP contribution in [0.2, 0.25) is 0 Å². The lowest BCUT2D eigenvalue weighted by Gasteiger charge is -2.49. The van der Waals surface area contributed by atoms with Crippen LogP contribution in [-0.4, -0.2) is 23.8 Å². The number of esters is 1. The smallest absolute Gasteiger partial charge is 0.316 e. The lowest BCUT2D eigenvalue weighted by atomic mass is 9.56. The molecule has 0 unspecified atom stereocenters. The first-order chi connectivity index (χ1) is 9.11. The highest BCUT2D eigenvalue weighted by molar-refractivity contribution is 5.85. The highest BCUT2D eigenvalue weighted by Crippen LogP contribution is 2.51. The van der Waals surface area contributed by atoms with E-state index in [0.29, 0.717) is 12.8 Å². The molecule has 1 aliphatic carbocycles. The predicted molar refractivity (Wildman–Crippen MR) is 78.7 cm³/mol. The van der Waals surface area contributed by atoms with Crippen LogP contribution < -0.4 is 0 Å². The van der Waals surface area contributed by atoms with E-state index in [1.54, 1.807) is 6.92 Å². The molecule has 110 valence electrons. The molecule has 0 amide bonds. The standard InChI is InChI=1S/C17H24O3/c1-15(2,3)12-6-8-13(9-7-12)17(14(18)20-5)10-16(4,19)11-17/h6-9,19H,10-11H2,1-5H3. The molecule has 0 bridgehead atoms. The number of aliphatic hydroxyl groups is 1. The molecule has 0 heterocycles. The fraction of sp³-hybridized carbons (Fsp3) is 0.588. The maximum Gasteiger partial charge on any atom is 0.316 e. The third-order valence-corrected chi connectivity index (χ3v) is 4.24. The van der Waals surface area contributed by atoms with Gasteiger partial charge in [-0.1, -0.05) is 45.0 Å². The van der Waals surface area contributed by atoms with Gasteiger partial charge < -0.3 is 9.84 Å². The third-order valence-electron chi connectivity index (χ3n) is 4.24. The van der Waals surface area contributed by atoms with E-state index < -0.39 is 11.0 Å². The minimum atomic E-state index is -0.781. The number of ether oxygens (including phenoxy) is 1. The molecule has 0 radical (unpaired) electrons. The Hall–Kier alpha value is -1.35. The van der Waals surface area contributed by atoms with Gasteiger partial charge in [-0.05, 0) is 36.3 Å². The van der Waals surface area contributed by atoms with Crippen LogP contribution in [0.1, 0.15) is 51.7 Å². The second-order valence-electron chi connectivity index (χ2n) is 7.25. The fourth-order valence-electron chi connectivity index (χ4n) is 3.20. The number of carbonyl (C=O) groups excluding carboxylic acids is 1. The van der Waals surface area contributed by atoms with Gasteiger partial charge in [-0.3, -0.25) is 4.79 Å². The average molecular weight is 276 g/mol. The Bertz CT molecular complexity index is 498. The van der Waals surface area contributed by atoms with Crippen molar-refractivity contribution in [3.63, 3.8) is 0 Å². The van der Waals surface area contributed by atoms with E-state index in [2.05, 4.69) is 32.9 Å². The highest BCUT2D eigenvalue weighted by Gasteiger charge is 2.57. The van der Waals surface area contributed by atoms with Gasteiger partial charge in [0.2, 0.25) is 0 Å². The van der Waals surface area contributed by atoms with Crippen molar-refractivity contribution in [2.45, 2.75) is 57.0 Å². The highest BCUT2D eigenvalue weighted by atomic mass is 16.5. The summed E-state index contributed by atoms with van der Waals surface area (Å²) in [6.45, 7) is 8.24. The number of carbonyl (C=O) groups is 1. The molecule has 1 aromatic rings. The molecule has 0 saturated heterocycles. The number of benzene rings is 1. The van der Waals surface area contributed by atoms with Crippen LogP contribution in [0, 0.1) is 0 Å². The zero-order chi connectivity index (χ0) is 15.2. The quantitative estimate of drug-likeness (QED) is 0.845. The van der Waals surface area contributed by atoms with Crippen LogP contribution in [-0.2, 0) is 20.4 Å². The molecule has 0 aliphatic heterocycles. The topological polar surface area (TPSA) is 46.5 Å². The molecule has 1 aliphatic rings. The molecule has 2 rings (SSSR count). The van der Waals surface area contributed by atoms with Gasteiger partial charge in [0.25, 0.3) is 0 Å². The molecule has 3 nitrogen and oxygen atoms in total.